The van der Waals surface area contributed by atoms with E-state index in [-0.39, 0.29) is 11.7 Å². The van der Waals surface area contributed by atoms with Gasteiger partial charge in [0.05, 0.1) is 25.5 Å². The lowest BCUT2D eigenvalue weighted by Crippen LogP contribution is -2.29. The van der Waals surface area contributed by atoms with Crippen LogP contribution in [-0.4, -0.2) is 43.2 Å². The molecule has 0 fully saturated rings. The minimum Gasteiger partial charge on any atom is -0.493 e. The predicted octanol–water partition coefficient (Wildman–Crippen LogP) is 6.58. The van der Waals surface area contributed by atoms with E-state index in [4.69, 9.17) is 21.1 Å². The summed E-state index contributed by atoms with van der Waals surface area (Å²) in [6.45, 7) is 2.42. The number of hydrogen-bond donors (Lipinski definition) is 0. The second-order valence-corrected chi connectivity index (χ2v) is 8.95. The third kappa shape index (κ3) is 5.24. The van der Waals surface area contributed by atoms with Crippen LogP contribution in [0, 0.1) is 12.7 Å². The van der Waals surface area contributed by atoms with E-state index in [1.165, 1.54) is 12.1 Å². The maximum absolute atomic E-state index is 13.6. The number of amides is 1. The number of methoxy groups -OCH3 is 2. The fraction of sp³-hybridized carbons (Fsp3) is 0.207. The molecular formula is C29H28ClFN2O3. The topological polar surface area (TPSA) is 43.7 Å². The van der Waals surface area contributed by atoms with Crippen molar-refractivity contribution in [2.75, 3.05) is 27.8 Å². The van der Waals surface area contributed by atoms with Gasteiger partial charge < -0.3 is 18.9 Å². The van der Waals surface area contributed by atoms with Gasteiger partial charge in [-0.3, -0.25) is 4.79 Å². The van der Waals surface area contributed by atoms with Crippen molar-refractivity contribution in [2.24, 2.45) is 0 Å². The highest BCUT2D eigenvalue weighted by Gasteiger charge is 2.22. The SMILES string of the molecule is COc1ccc(CCN(C)C(=O)c2cc(-c3ccc(Cl)cc3)n(-c3ccc(F)cc3)c2C)cc1OC. The molecule has 0 N–H and O–H groups in total. The molecule has 0 aliphatic carbocycles. The van der Waals surface area contributed by atoms with Gasteiger partial charge >= 0.3 is 0 Å². The number of benzene rings is 3. The number of rotatable bonds is 8. The van der Waals surface area contributed by atoms with Crippen LogP contribution in [0.4, 0.5) is 4.39 Å². The van der Waals surface area contributed by atoms with Gasteiger partial charge in [0.25, 0.3) is 5.91 Å². The molecule has 0 saturated heterocycles. The number of hydrogen-bond acceptors (Lipinski definition) is 3. The van der Waals surface area contributed by atoms with Crippen molar-refractivity contribution in [3.8, 4) is 28.4 Å². The van der Waals surface area contributed by atoms with E-state index < -0.39 is 0 Å². The van der Waals surface area contributed by atoms with Crippen LogP contribution in [0.2, 0.25) is 5.02 Å². The third-order valence-electron chi connectivity index (χ3n) is 6.23. The molecule has 4 rings (SSSR count). The molecule has 4 aromatic rings. The Morgan fingerprint density at radius 2 is 1.61 bits per heavy atom. The molecule has 5 nitrogen and oxygen atoms in total. The summed E-state index contributed by atoms with van der Waals surface area (Å²) in [6, 6.07) is 21.3. The molecule has 0 bridgehead atoms. The van der Waals surface area contributed by atoms with Crippen molar-refractivity contribution in [2.45, 2.75) is 13.3 Å². The van der Waals surface area contributed by atoms with Gasteiger partial charge in [0.2, 0.25) is 0 Å². The largest absolute Gasteiger partial charge is 0.493 e. The molecule has 186 valence electrons. The van der Waals surface area contributed by atoms with Gasteiger partial charge in [-0.25, -0.2) is 4.39 Å². The summed E-state index contributed by atoms with van der Waals surface area (Å²) < 4.78 is 26.3. The Labute approximate surface area is 215 Å². The average Bonchev–Trinajstić information content (AvgIpc) is 3.24. The zero-order valence-corrected chi connectivity index (χ0v) is 21.5. The van der Waals surface area contributed by atoms with E-state index in [0.717, 1.165) is 28.2 Å². The summed E-state index contributed by atoms with van der Waals surface area (Å²) in [5.41, 5.74) is 4.89. The number of aromatic nitrogens is 1. The Hall–Kier alpha value is -3.77. The molecule has 0 aliphatic rings. The fourth-order valence-electron chi connectivity index (χ4n) is 4.22. The van der Waals surface area contributed by atoms with Crippen LogP contribution in [0.15, 0.2) is 72.8 Å². The minimum absolute atomic E-state index is 0.0935. The zero-order chi connectivity index (χ0) is 25.8. The quantitative estimate of drug-likeness (QED) is 0.271. The van der Waals surface area contributed by atoms with E-state index in [0.29, 0.717) is 35.1 Å². The first-order chi connectivity index (χ1) is 17.3. The van der Waals surface area contributed by atoms with Crippen LogP contribution in [-0.2, 0) is 6.42 Å². The first-order valence-corrected chi connectivity index (χ1v) is 11.9. The molecule has 3 aromatic carbocycles. The van der Waals surface area contributed by atoms with Crippen LogP contribution >= 0.6 is 11.6 Å². The van der Waals surface area contributed by atoms with Crippen LogP contribution < -0.4 is 9.47 Å². The van der Waals surface area contributed by atoms with Gasteiger partial charge in [0.1, 0.15) is 5.82 Å². The maximum Gasteiger partial charge on any atom is 0.255 e. The summed E-state index contributed by atoms with van der Waals surface area (Å²) in [7, 11) is 4.99. The molecule has 0 atom stereocenters. The number of nitrogens with zero attached hydrogens (tertiary/aromatic N) is 2. The predicted molar refractivity (Wildman–Crippen MR) is 141 cm³/mol. The van der Waals surface area contributed by atoms with E-state index in [1.807, 2.05) is 60.0 Å². The molecule has 1 amide bonds. The van der Waals surface area contributed by atoms with Crippen molar-refractivity contribution in [3.63, 3.8) is 0 Å². The summed E-state index contributed by atoms with van der Waals surface area (Å²) in [4.78, 5) is 15.2. The molecule has 0 spiro atoms. The molecule has 7 heteroatoms. The Kier molecular flexibility index (Phi) is 7.65. The van der Waals surface area contributed by atoms with Crippen LogP contribution in [0.1, 0.15) is 21.6 Å². The lowest BCUT2D eigenvalue weighted by molar-refractivity contribution is 0.0796. The summed E-state index contributed by atoms with van der Waals surface area (Å²) in [6.07, 6.45) is 0.657. The highest BCUT2D eigenvalue weighted by atomic mass is 35.5. The number of carbonyl (C=O) groups is 1. The molecule has 0 aliphatic heterocycles. The molecule has 0 radical (unpaired) electrons. The Balaban J connectivity index is 1.64. The summed E-state index contributed by atoms with van der Waals surface area (Å²) >= 11 is 6.10. The number of halogens is 2. The summed E-state index contributed by atoms with van der Waals surface area (Å²) in [5.74, 6) is 0.911. The second-order valence-electron chi connectivity index (χ2n) is 8.51. The Morgan fingerprint density at radius 3 is 2.25 bits per heavy atom. The fourth-order valence-corrected chi connectivity index (χ4v) is 4.35. The van der Waals surface area contributed by atoms with Gasteiger partial charge in [-0.05, 0) is 79.1 Å². The van der Waals surface area contributed by atoms with Gasteiger partial charge in [-0.1, -0.05) is 29.8 Å². The normalized spacial score (nSPS) is 10.8. The smallest absolute Gasteiger partial charge is 0.255 e. The average molecular weight is 507 g/mol. The number of carbonyl (C=O) groups excluding carboxylic acids is 1. The lowest BCUT2D eigenvalue weighted by atomic mass is 10.1. The van der Waals surface area contributed by atoms with Gasteiger partial charge in [0.15, 0.2) is 11.5 Å². The van der Waals surface area contributed by atoms with Crippen LogP contribution in [0.3, 0.4) is 0 Å². The molecule has 1 aromatic heterocycles. The first-order valence-electron chi connectivity index (χ1n) is 11.5. The van der Waals surface area contributed by atoms with Crippen molar-refractivity contribution in [3.05, 3.63) is 100 Å². The zero-order valence-electron chi connectivity index (χ0n) is 20.7. The first kappa shape index (κ1) is 25.3. The maximum atomic E-state index is 13.6. The molecular weight excluding hydrogens is 479 g/mol. The van der Waals surface area contributed by atoms with Gasteiger partial charge in [0, 0.05) is 30.0 Å². The minimum atomic E-state index is -0.317. The Bertz CT molecular complexity index is 1360. The van der Waals surface area contributed by atoms with Crippen LogP contribution in [0.5, 0.6) is 11.5 Å². The van der Waals surface area contributed by atoms with E-state index in [2.05, 4.69) is 0 Å². The standard InChI is InChI=1S/C29H28ClFN2O3/c1-19-25(29(34)32(2)16-15-20-5-14-27(35-3)28(17-20)36-4)18-26(21-6-8-22(30)9-7-21)33(19)24-12-10-23(31)11-13-24/h5-14,17-18H,15-16H2,1-4H3. The third-order valence-corrected chi connectivity index (χ3v) is 6.48. The molecule has 1 heterocycles. The second kappa shape index (κ2) is 10.9. The van der Waals surface area contributed by atoms with E-state index in [1.54, 1.807) is 38.3 Å². The summed E-state index contributed by atoms with van der Waals surface area (Å²) in [5, 5.41) is 0.626. The van der Waals surface area contributed by atoms with Crippen molar-refractivity contribution >= 4 is 17.5 Å². The van der Waals surface area contributed by atoms with Crippen LogP contribution in [0.25, 0.3) is 16.9 Å². The lowest BCUT2D eigenvalue weighted by Gasteiger charge is -2.18. The monoisotopic (exact) mass is 506 g/mol. The highest BCUT2D eigenvalue weighted by Crippen LogP contribution is 2.31. The van der Waals surface area contributed by atoms with Crippen molar-refractivity contribution in [1.29, 1.82) is 0 Å². The number of likely N-dealkylation sites (N-methyl/N-ethyl adjacent to an activating group) is 1. The van der Waals surface area contributed by atoms with Gasteiger partial charge in [-0.15, -0.1) is 0 Å². The molecule has 0 unspecified atom stereocenters. The van der Waals surface area contributed by atoms with Crippen molar-refractivity contribution in [1.82, 2.24) is 9.47 Å². The Morgan fingerprint density at radius 1 is 0.944 bits per heavy atom. The number of ether oxygens (including phenoxy) is 2. The van der Waals surface area contributed by atoms with Gasteiger partial charge in [-0.2, -0.15) is 0 Å². The highest BCUT2D eigenvalue weighted by molar-refractivity contribution is 6.30. The molecule has 36 heavy (non-hydrogen) atoms. The van der Waals surface area contributed by atoms with Crippen molar-refractivity contribution < 1.29 is 18.7 Å². The van der Waals surface area contributed by atoms with E-state index in [9.17, 15) is 9.18 Å². The van der Waals surface area contributed by atoms with E-state index >= 15 is 0 Å². The molecule has 0 saturated carbocycles.